The number of methoxy groups -OCH3 is 1. The van der Waals surface area contributed by atoms with Crippen molar-refractivity contribution < 1.29 is 33.8 Å². The molecule has 4 saturated heterocycles. The third-order valence-corrected chi connectivity index (χ3v) is 14.1. The Hall–Kier alpha value is -5.35. The average Bonchev–Trinajstić information content (AvgIpc) is 3.45. The summed E-state index contributed by atoms with van der Waals surface area (Å²) in [5, 5.41) is 16.9. The summed E-state index contributed by atoms with van der Waals surface area (Å²) < 4.78 is 14.3. The quantitative estimate of drug-likeness (QED) is 0.187. The van der Waals surface area contributed by atoms with Crippen LogP contribution in [0.25, 0.3) is 33.3 Å². The van der Waals surface area contributed by atoms with Crippen LogP contribution in [0.1, 0.15) is 83.7 Å². The summed E-state index contributed by atoms with van der Waals surface area (Å²) in [5.74, 6) is -1.70. The van der Waals surface area contributed by atoms with E-state index in [0.717, 1.165) is 77.1 Å². The highest BCUT2D eigenvalue weighted by atomic mass is 16.5. The van der Waals surface area contributed by atoms with E-state index in [9.17, 15) is 24.3 Å². The van der Waals surface area contributed by atoms with Crippen LogP contribution in [0.3, 0.4) is 0 Å². The molecule has 0 spiro atoms. The predicted molar refractivity (Wildman–Crippen MR) is 253 cm³/mol. The summed E-state index contributed by atoms with van der Waals surface area (Å²) in [7, 11) is 3.37. The zero-order chi connectivity index (χ0) is 47.0. The van der Waals surface area contributed by atoms with Gasteiger partial charge in [-0.25, -0.2) is 5.43 Å². The number of amides is 3. The fraction of sp³-hybridized carbons (Fsp3) is 0.549. The van der Waals surface area contributed by atoms with Gasteiger partial charge in [-0.1, -0.05) is 39.8 Å². The molecule has 4 aromatic rings. The van der Waals surface area contributed by atoms with Crippen molar-refractivity contribution in [2.45, 2.75) is 110 Å². The minimum absolute atomic E-state index is 0.0176. The molecule has 2 aromatic heterocycles. The number of aryl methyl sites for hydroxylation is 1. The summed E-state index contributed by atoms with van der Waals surface area (Å²) >= 11 is 0. The van der Waals surface area contributed by atoms with Gasteiger partial charge in [-0.2, -0.15) is 0 Å². The molecule has 3 N–H and O–H groups in total. The van der Waals surface area contributed by atoms with Crippen molar-refractivity contribution in [3.8, 4) is 28.1 Å². The number of aromatic nitrogens is 2. The van der Waals surface area contributed by atoms with E-state index in [0.29, 0.717) is 44.5 Å². The molecule has 5 aliphatic rings. The molecule has 9 rings (SSSR count). The van der Waals surface area contributed by atoms with Crippen molar-refractivity contribution in [3.63, 3.8) is 0 Å². The first kappa shape index (κ1) is 47.2. The van der Waals surface area contributed by atoms with Gasteiger partial charge in [0.05, 0.1) is 24.1 Å². The Balaban J connectivity index is 1.20. The molecule has 0 radical (unpaired) electrons. The lowest BCUT2D eigenvalue weighted by Gasteiger charge is -2.41. The number of rotatable bonds is 9. The Morgan fingerprint density at radius 1 is 1.03 bits per heavy atom. The van der Waals surface area contributed by atoms with Gasteiger partial charge in [0.25, 0.3) is 5.91 Å². The topological polar surface area (TPSA) is 162 Å². The third kappa shape index (κ3) is 9.58. The van der Waals surface area contributed by atoms with Crippen LogP contribution in [0.15, 0.2) is 54.7 Å². The zero-order valence-corrected chi connectivity index (χ0v) is 39.9. The Kier molecular flexibility index (Phi) is 13.9. The highest BCUT2D eigenvalue weighted by molar-refractivity contribution is 5.96. The number of phenolic OH excluding ortho intramolecular Hbond substituents is 1. The number of piperazine rings is 1. The predicted octanol–water partition coefficient (Wildman–Crippen LogP) is 5.32. The van der Waals surface area contributed by atoms with Gasteiger partial charge in [-0.15, -0.1) is 0 Å². The summed E-state index contributed by atoms with van der Waals surface area (Å²) in [4.78, 5) is 68.5. The van der Waals surface area contributed by atoms with Crippen LogP contribution in [0, 0.1) is 11.3 Å². The number of hydrazine groups is 1. The van der Waals surface area contributed by atoms with Crippen LogP contribution in [0.4, 0.5) is 0 Å². The number of carbonyl (C=O) groups excluding carboxylic acids is 4. The Morgan fingerprint density at radius 3 is 2.59 bits per heavy atom. The van der Waals surface area contributed by atoms with E-state index in [2.05, 4.69) is 64.1 Å². The third-order valence-electron chi connectivity index (χ3n) is 14.1. The molecule has 7 atom stereocenters. The maximum absolute atomic E-state index is 14.8. The maximum Gasteiger partial charge on any atom is 0.324 e. The summed E-state index contributed by atoms with van der Waals surface area (Å²) in [5.41, 5.74) is 9.76. The molecule has 2 aromatic carbocycles. The lowest BCUT2D eigenvalue weighted by atomic mass is 9.84. The Bertz CT molecular complexity index is 2460. The summed E-state index contributed by atoms with van der Waals surface area (Å²) in [6, 6.07) is 12.5. The van der Waals surface area contributed by atoms with Gasteiger partial charge in [-0.05, 0) is 111 Å². The molecular formula is C51H68N8O7. The van der Waals surface area contributed by atoms with Crippen LogP contribution in [0.5, 0.6) is 5.75 Å². The van der Waals surface area contributed by atoms with Crippen LogP contribution in [-0.2, 0) is 48.0 Å². The van der Waals surface area contributed by atoms with Crippen molar-refractivity contribution in [1.82, 2.24) is 40.0 Å². The largest absolute Gasteiger partial charge is 0.508 e. The molecule has 15 nitrogen and oxygen atoms in total. The Labute approximate surface area is 388 Å². The van der Waals surface area contributed by atoms with E-state index < -0.39 is 41.3 Å². The molecule has 0 saturated carbocycles. The number of ether oxygens (including phenoxy) is 2. The lowest BCUT2D eigenvalue weighted by molar-refractivity contribution is -0.155. The van der Waals surface area contributed by atoms with E-state index in [-0.39, 0.29) is 42.7 Å². The number of benzene rings is 2. The van der Waals surface area contributed by atoms with E-state index >= 15 is 0 Å². The normalized spacial score (nSPS) is 24.3. The first-order valence-corrected chi connectivity index (χ1v) is 23.8. The van der Waals surface area contributed by atoms with E-state index in [1.165, 1.54) is 5.01 Å². The SMILES string of the molecule is CCn1c(-c2cccnc2[C@H](C)OC)c2c3cc(ccc31)-c1cc(O)cc(c1)C[C@H](NC(=O)C(C(C)C)N(C)C(=O)C1CN3CCCN1CC3)C(=O)N1CCC[C@H](N1)C(=O)OCC(C)(C)C2. The fourth-order valence-corrected chi connectivity index (χ4v) is 10.7. The number of cyclic esters (lactones) is 1. The van der Waals surface area contributed by atoms with E-state index in [1.807, 2.05) is 39.0 Å². The van der Waals surface area contributed by atoms with Crippen molar-refractivity contribution >= 4 is 34.6 Å². The molecule has 354 valence electrons. The molecule has 5 aliphatic heterocycles. The van der Waals surface area contributed by atoms with Gasteiger partial charge in [0.2, 0.25) is 11.8 Å². The molecule has 66 heavy (non-hydrogen) atoms. The van der Waals surface area contributed by atoms with E-state index in [1.54, 1.807) is 37.4 Å². The smallest absolute Gasteiger partial charge is 0.324 e. The number of phenols is 1. The van der Waals surface area contributed by atoms with Crippen molar-refractivity contribution in [1.29, 1.82) is 0 Å². The first-order chi connectivity index (χ1) is 31.6. The molecule has 0 aliphatic carbocycles. The molecular weight excluding hydrogens is 837 g/mol. The standard InChI is InChI=1S/C51H68N8O7/c1-9-58-42-16-15-34-27-38(42)39(46(58)37-13-10-17-52-44(37)32(4)65-8)28-51(5,6)30-66-50(64)40-14-11-20-59(54-40)48(62)41(25-33-23-35(34)26-36(60)24-33)53-47(61)45(31(2)3)55(7)49(63)43-29-56-18-12-19-57(43)22-21-56/h10,13,15-17,23-24,26-27,31-32,40-41,43,45,54,60H,9,11-12,14,18-22,25,28-30H2,1-8H3,(H,53,61)/t32-,40-,41-,43?,45?/m0/s1. The number of esters is 1. The molecule has 4 fully saturated rings. The van der Waals surface area contributed by atoms with Gasteiger partial charge in [0, 0.05) is 87.9 Å². The molecule has 3 amide bonds. The average molecular weight is 905 g/mol. The van der Waals surface area contributed by atoms with Crippen molar-refractivity contribution in [2.75, 3.05) is 60.0 Å². The number of nitrogens with one attached hydrogen (secondary N) is 2. The van der Waals surface area contributed by atoms with Crippen LogP contribution < -0.4 is 10.7 Å². The fourth-order valence-electron chi connectivity index (χ4n) is 10.7. The monoisotopic (exact) mass is 905 g/mol. The van der Waals surface area contributed by atoms with Gasteiger partial charge in [0.1, 0.15) is 29.9 Å². The van der Waals surface area contributed by atoms with Crippen LogP contribution >= 0.6 is 0 Å². The van der Waals surface area contributed by atoms with Gasteiger partial charge in [0.15, 0.2) is 0 Å². The van der Waals surface area contributed by atoms with Crippen LogP contribution in [0.2, 0.25) is 0 Å². The lowest BCUT2D eigenvalue weighted by Crippen LogP contribution is -2.63. The molecule has 4 unspecified atom stereocenters. The number of carbonyl (C=O) groups is 4. The van der Waals surface area contributed by atoms with Crippen molar-refractivity contribution in [3.05, 3.63) is 71.5 Å². The maximum atomic E-state index is 14.8. The zero-order valence-electron chi connectivity index (χ0n) is 39.9. The molecule has 8 bridgehead atoms. The Morgan fingerprint density at radius 2 is 1.83 bits per heavy atom. The number of pyridine rings is 1. The van der Waals surface area contributed by atoms with Gasteiger partial charge in [-0.3, -0.25) is 39.0 Å². The number of nitrogens with zero attached hydrogens (tertiary/aromatic N) is 6. The minimum atomic E-state index is -1.11. The number of aromatic hydroxyl groups is 1. The highest BCUT2D eigenvalue weighted by Gasteiger charge is 2.42. The number of fused-ring (bicyclic) bond motifs is 10. The van der Waals surface area contributed by atoms with Crippen molar-refractivity contribution in [2.24, 2.45) is 11.3 Å². The van der Waals surface area contributed by atoms with Crippen LogP contribution in [-0.4, -0.2) is 142 Å². The summed E-state index contributed by atoms with van der Waals surface area (Å²) in [6.45, 7) is 17.4. The first-order valence-electron chi connectivity index (χ1n) is 23.8. The summed E-state index contributed by atoms with van der Waals surface area (Å²) in [6.07, 6.45) is 4.10. The second kappa shape index (κ2) is 19.5. The van der Waals surface area contributed by atoms with Gasteiger partial charge < -0.3 is 29.4 Å². The molecule has 7 heterocycles. The number of hydrogen-bond acceptors (Lipinski definition) is 11. The van der Waals surface area contributed by atoms with Gasteiger partial charge >= 0.3 is 5.97 Å². The van der Waals surface area contributed by atoms with E-state index in [4.69, 9.17) is 14.5 Å². The minimum Gasteiger partial charge on any atom is -0.508 e. The second-order valence-electron chi connectivity index (χ2n) is 19.9. The molecule has 15 heteroatoms. The highest BCUT2D eigenvalue weighted by Crippen LogP contribution is 2.42. The number of likely N-dealkylation sites (N-methyl/N-ethyl adjacent to an activating group) is 1. The second-order valence-corrected chi connectivity index (χ2v) is 19.9. The number of hydrogen-bond donors (Lipinski definition) is 3.